The van der Waals surface area contributed by atoms with E-state index in [1.165, 1.54) is 0 Å². The number of nitrogens with one attached hydrogen (secondary N) is 1. The molecular weight excluding hydrogens is 240 g/mol. The Morgan fingerprint density at radius 3 is 2.88 bits per heavy atom. The molecule has 0 unspecified atom stereocenters. The molecule has 2 rings (SSSR count). The molecule has 2 aromatic heterocycles. The molecule has 0 saturated carbocycles. The van der Waals surface area contributed by atoms with Gasteiger partial charge in [-0.2, -0.15) is 5.10 Å². The molecule has 6 heteroatoms. The molecule has 0 saturated heterocycles. The van der Waals surface area contributed by atoms with Crippen LogP contribution in [0.2, 0.25) is 5.02 Å². The minimum Gasteiger partial charge on any atom is -0.360 e. The van der Waals surface area contributed by atoms with Crippen LogP contribution in [0.3, 0.4) is 0 Å². The van der Waals surface area contributed by atoms with Gasteiger partial charge in [0.2, 0.25) is 0 Å². The molecule has 0 amide bonds. The van der Waals surface area contributed by atoms with Gasteiger partial charge >= 0.3 is 0 Å². The molecule has 0 fully saturated rings. The van der Waals surface area contributed by atoms with E-state index in [-0.39, 0.29) is 0 Å². The second-order valence-corrected chi connectivity index (χ2v) is 4.14. The van der Waals surface area contributed by atoms with Gasteiger partial charge in [-0.1, -0.05) is 23.7 Å². The van der Waals surface area contributed by atoms with E-state index in [4.69, 9.17) is 16.1 Å². The van der Waals surface area contributed by atoms with Crippen LogP contribution in [0.5, 0.6) is 0 Å². The molecule has 17 heavy (non-hydrogen) atoms. The summed E-state index contributed by atoms with van der Waals surface area (Å²) in [6.07, 6.45) is 2.47. The summed E-state index contributed by atoms with van der Waals surface area (Å²) in [7, 11) is 1.90. The standard InChI is InChI=1S/C11H15ClN4O/c1-3-9-11(12)10(16(2)15-9)7-13-6-8-4-5-14-17-8/h4-5,13H,3,6-7H2,1-2H3. The number of aromatic nitrogens is 3. The van der Waals surface area contributed by atoms with Crippen molar-refractivity contribution in [3.05, 3.63) is 34.4 Å². The summed E-state index contributed by atoms with van der Waals surface area (Å²) in [4.78, 5) is 0. The largest absolute Gasteiger partial charge is 0.360 e. The van der Waals surface area contributed by atoms with E-state index in [2.05, 4.69) is 15.6 Å². The highest BCUT2D eigenvalue weighted by atomic mass is 35.5. The van der Waals surface area contributed by atoms with Gasteiger partial charge in [0.25, 0.3) is 0 Å². The third kappa shape index (κ3) is 2.68. The molecule has 0 aliphatic rings. The van der Waals surface area contributed by atoms with Crippen molar-refractivity contribution in [2.75, 3.05) is 0 Å². The number of aryl methyl sites for hydroxylation is 2. The summed E-state index contributed by atoms with van der Waals surface area (Å²) >= 11 is 6.23. The number of hydrogen-bond acceptors (Lipinski definition) is 4. The van der Waals surface area contributed by atoms with Crippen LogP contribution in [0, 0.1) is 0 Å². The van der Waals surface area contributed by atoms with E-state index >= 15 is 0 Å². The van der Waals surface area contributed by atoms with Crippen molar-refractivity contribution in [1.82, 2.24) is 20.3 Å². The number of halogens is 1. The molecular formula is C11H15ClN4O. The van der Waals surface area contributed by atoms with E-state index in [1.54, 1.807) is 6.20 Å². The quantitative estimate of drug-likeness (QED) is 0.886. The van der Waals surface area contributed by atoms with Crippen molar-refractivity contribution in [3.63, 3.8) is 0 Å². The topological polar surface area (TPSA) is 55.9 Å². The Hall–Kier alpha value is -1.33. The molecule has 0 radical (unpaired) electrons. The lowest BCUT2D eigenvalue weighted by Crippen LogP contribution is -2.15. The highest BCUT2D eigenvalue weighted by molar-refractivity contribution is 6.31. The van der Waals surface area contributed by atoms with Crippen LogP contribution < -0.4 is 5.32 Å². The number of rotatable bonds is 5. The monoisotopic (exact) mass is 254 g/mol. The van der Waals surface area contributed by atoms with Crippen LogP contribution in [0.25, 0.3) is 0 Å². The summed E-state index contributed by atoms with van der Waals surface area (Å²) in [5.41, 5.74) is 1.92. The van der Waals surface area contributed by atoms with Crippen molar-refractivity contribution in [2.24, 2.45) is 7.05 Å². The van der Waals surface area contributed by atoms with Crippen molar-refractivity contribution < 1.29 is 4.52 Å². The van der Waals surface area contributed by atoms with Gasteiger partial charge in [-0.15, -0.1) is 0 Å². The average molecular weight is 255 g/mol. The second kappa shape index (κ2) is 5.33. The third-order valence-corrected chi connectivity index (χ3v) is 3.02. The molecule has 0 atom stereocenters. The summed E-state index contributed by atoms with van der Waals surface area (Å²) < 4.78 is 6.80. The van der Waals surface area contributed by atoms with E-state index in [1.807, 2.05) is 24.7 Å². The van der Waals surface area contributed by atoms with Gasteiger partial charge in [0.05, 0.1) is 29.2 Å². The third-order valence-electron chi connectivity index (χ3n) is 2.59. The smallest absolute Gasteiger partial charge is 0.150 e. The molecule has 2 heterocycles. The van der Waals surface area contributed by atoms with Crippen molar-refractivity contribution >= 4 is 11.6 Å². The first-order valence-electron chi connectivity index (χ1n) is 5.53. The molecule has 0 aliphatic heterocycles. The summed E-state index contributed by atoms with van der Waals surface area (Å²) in [5, 5.41) is 12.0. The maximum atomic E-state index is 6.23. The van der Waals surface area contributed by atoms with Gasteiger partial charge in [-0.25, -0.2) is 0 Å². The van der Waals surface area contributed by atoms with E-state index < -0.39 is 0 Å². The summed E-state index contributed by atoms with van der Waals surface area (Å²) in [5.74, 6) is 0.805. The lowest BCUT2D eigenvalue weighted by atomic mass is 10.3. The Kier molecular flexibility index (Phi) is 3.81. The molecule has 0 aromatic carbocycles. The lowest BCUT2D eigenvalue weighted by molar-refractivity contribution is 0.372. The predicted octanol–water partition coefficient (Wildman–Crippen LogP) is 1.91. The molecule has 1 N–H and O–H groups in total. The zero-order valence-electron chi connectivity index (χ0n) is 9.90. The normalized spacial score (nSPS) is 11.0. The first-order valence-corrected chi connectivity index (χ1v) is 5.90. The molecule has 5 nitrogen and oxygen atoms in total. The molecule has 2 aromatic rings. The Morgan fingerprint density at radius 2 is 2.29 bits per heavy atom. The molecule has 0 aliphatic carbocycles. The van der Waals surface area contributed by atoms with E-state index in [0.717, 1.165) is 28.6 Å². The van der Waals surface area contributed by atoms with Gasteiger partial charge in [0, 0.05) is 19.7 Å². The van der Waals surface area contributed by atoms with Crippen LogP contribution in [0.4, 0.5) is 0 Å². The maximum Gasteiger partial charge on any atom is 0.150 e. The fourth-order valence-corrected chi connectivity index (χ4v) is 2.01. The van der Waals surface area contributed by atoms with Gasteiger partial charge in [0.15, 0.2) is 0 Å². The first kappa shape index (κ1) is 12.1. The maximum absolute atomic E-state index is 6.23. The van der Waals surface area contributed by atoms with Crippen molar-refractivity contribution in [2.45, 2.75) is 26.4 Å². The van der Waals surface area contributed by atoms with Gasteiger partial charge in [-0.05, 0) is 6.42 Å². The fourth-order valence-electron chi connectivity index (χ4n) is 1.65. The Bertz CT molecular complexity index is 478. The van der Waals surface area contributed by atoms with Crippen LogP contribution in [0.1, 0.15) is 24.1 Å². The summed E-state index contributed by atoms with van der Waals surface area (Å²) in [6, 6.07) is 1.83. The average Bonchev–Trinajstić information content (AvgIpc) is 2.91. The van der Waals surface area contributed by atoms with Gasteiger partial charge < -0.3 is 9.84 Å². The minimum atomic E-state index is 0.628. The van der Waals surface area contributed by atoms with Crippen LogP contribution in [0.15, 0.2) is 16.8 Å². The van der Waals surface area contributed by atoms with Crippen molar-refractivity contribution in [3.8, 4) is 0 Å². The minimum absolute atomic E-state index is 0.628. The lowest BCUT2D eigenvalue weighted by Gasteiger charge is -2.03. The zero-order chi connectivity index (χ0) is 12.3. The first-order chi connectivity index (χ1) is 8.22. The Balaban J connectivity index is 1.97. The van der Waals surface area contributed by atoms with E-state index in [9.17, 15) is 0 Å². The van der Waals surface area contributed by atoms with E-state index in [0.29, 0.717) is 13.1 Å². The fraction of sp³-hybridized carbons (Fsp3) is 0.455. The van der Waals surface area contributed by atoms with Crippen molar-refractivity contribution in [1.29, 1.82) is 0 Å². The number of nitrogens with zero attached hydrogens (tertiary/aromatic N) is 3. The van der Waals surface area contributed by atoms with Crippen LogP contribution >= 0.6 is 11.6 Å². The summed E-state index contributed by atoms with van der Waals surface area (Å²) in [6.45, 7) is 3.33. The van der Waals surface area contributed by atoms with Gasteiger partial charge in [-0.3, -0.25) is 4.68 Å². The molecule has 92 valence electrons. The molecule has 0 bridgehead atoms. The van der Waals surface area contributed by atoms with Crippen LogP contribution in [-0.2, 0) is 26.6 Å². The zero-order valence-corrected chi connectivity index (χ0v) is 10.7. The SMILES string of the molecule is CCc1nn(C)c(CNCc2ccno2)c1Cl. The Labute approximate surface area is 105 Å². The predicted molar refractivity (Wildman–Crippen MR) is 64.6 cm³/mol. The molecule has 0 spiro atoms. The van der Waals surface area contributed by atoms with Crippen LogP contribution in [-0.4, -0.2) is 14.9 Å². The number of hydrogen-bond donors (Lipinski definition) is 1. The highest BCUT2D eigenvalue weighted by Gasteiger charge is 2.12. The Morgan fingerprint density at radius 1 is 1.47 bits per heavy atom. The highest BCUT2D eigenvalue weighted by Crippen LogP contribution is 2.20. The van der Waals surface area contributed by atoms with Gasteiger partial charge in [0.1, 0.15) is 5.76 Å². The second-order valence-electron chi connectivity index (χ2n) is 3.77.